The second kappa shape index (κ2) is 6.31. The highest BCUT2D eigenvalue weighted by Crippen LogP contribution is 2.13. The molecule has 0 amide bonds. The molecule has 1 atom stereocenters. The van der Waals surface area contributed by atoms with Gasteiger partial charge in [0.25, 0.3) is 0 Å². The van der Waals surface area contributed by atoms with Gasteiger partial charge in [0.2, 0.25) is 0 Å². The van der Waals surface area contributed by atoms with E-state index in [4.69, 9.17) is 10.5 Å². The number of hydrogen-bond acceptors (Lipinski definition) is 4. The summed E-state index contributed by atoms with van der Waals surface area (Å²) in [6.45, 7) is 5.76. The van der Waals surface area contributed by atoms with Crippen molar-refractivity contribution in [1.82, 2.24) is 0 Å². The number of rotatable bonds is 5. The Morgan fingerprint density at radius 1 is 1.33 bits per heavy atom. The van der Waals surface area contributed by atoms with Crippen LogP contribution in [0.3, 0.4) is 0 Å². The Bertz CT molecular complexity index is 454. The monoisotopic (exact) mass is 249 g/mol. The number of ether oxygens (including phenoxy) is 1. The van der Waals surface area contributed by atoms with Crippen LogP contribution in [0.5, 0.6) is 0 Å². The molecule has 0 bridgehead atoms. The summed E-state index contributed by atoms with van der Waals surface area (Å²) in [5.74, 6) is -0.659. The molecule has 0 fully saturated rings. The number of benzene rings is 1. The molecule has 1 rings (SSSR count). The zero-order valence-electron chi connectivity index (χ0n) is 11.0. The van der Waals surface area contributed by atoms with Crippen LogP contribution in [-0.4, -0.2) is 24.4 Å². The molecule has 0 saturated heterocycles. The van der Waals surface area contributed by atoms with E-state index in [0.29, 0.717) is 5.56 Å². The third-order valence-corrected chi connectivity index (χ3v) is 2.69. The number of hydrogen-bond donors (Lipinski definition) is 1. The van der Waals surface area contributed by atoms with E-state index in [1.54, 1.807) is 6.92 Å². The molecular formula is C14H19NO3. The van der Waals surface area contributed by atoms with Crippen molar-refractivity contribution in [2.24, 2.45) is 5.73 Å². The summed E-state index contributed by atoms with van der Waals surface area (Å²) >= 11 is 0. The number of carbonyl (C=O) groups is 2. The van der Waals surface area contributed by atoms with E-state index < -0.39 is 12.0 Å². The topological polar surface area (TPSA) is 69.4 Å². The van der Waals surface area contributed by atoms with Gasteiger partial charge in [-0.15, -0.1) is 0 Å². The first-order chi connectivity index (χ1) is 8.45. The van der Waals surface area contributed by atoms with Crippen LogP contribution in [0.15, 0.2) is 18.2 Å². The first kappa shape index (κ1) is 14.4. The molecule has 0 aliphatic rings. The maximum atomic E-state index is 12.0. The number of ketones is 1. The van der Waals surface area contributed by atoms with Crippen LogP contribution in [0, 0.1) is 13.8 Å². The minimum Gasteiger partial charge on any atom is -0.465 e. The fraction of sp³-hybridized carbons (Fsp3) is 0.429. The van der Waals surface area contributed by atoms with Gasteiger partial charge in [0.1, 0.15) is 6.04 Å². The van der Waals surface area contributed by atoms with Crippen LogP contribution in [0.1, 0.15) is 34.8 Å². The van der Waals surface area contributed by atoms with Crippen molar-refractivity contribution in [2.45, 2.75) is 33.2 Å². The maximum Gasteiger partial charge on any atom is 0.323 e. The van der Waals surface area contributed by atoms with Gasteiger partial charge < -0.3 is 10.5 Å². The second-order valence-electron chi connectivity index (χ2n) is 4.30. The minimum absolute atomic E-state index is 0.0247. The average Bonchev–Trinajstić information content (AvgIpc) is 2.32. The first-order valence-electron chi connectivity index (χ1n) is 5.98. The Morgan fingerprint density at radius 3 is 2.61 bits per heavy atom. The minimum atomic E-state index is -0.891. The van der Waals surface area contributed by atoms with Gasteiger partial charge >= 0.3 is 5.97 Å². The predicted octanol–water partition coefficient (Wildman–Crippen LogP) is 1.77. The summed E-state index contributed by atoms with van der Waals surface area (Å²) < 4.78 is 4.78. The van der Waals surface area contributed by atoms with Crippen LogP contribution >= 0.6 is 0 Å². The molecule has 0 aromatic heterocycles. The first-order valence-corrected chi connectivity index (χ1v) is 5.98. The lowest BCUT2D eigenvalue weighted by Gasteiger charge is -2.11. The Labute approximate surface area is 107 Å². The van der Waals surface area contributed by atoms with Crippen molar-refractivity contribution in [3.8, 4) is 0 Å². The standard InChI is InChI=1S/C14H19NO3/c1-4-18-14(17)12(15)8-13(16)11-7-9(2)5-6-10(11)3/h5-7,12H,4,8,15H2,1-3H3. The van der Waals surface area contributed by atoms with E-state index >= 15 is 0 Å². The fourth-order valence-electron chi connectivity index (χ4n) is 1.68. The van der Waals surface area contributed by atoms with Gasteiger partial charge in [-0.05, 0) is 32.4 Å². The lowest BCUT2D eigenvalue weighted by Crippen LogP contribution is -2.34. The second-order valence-corrected chi connectivity index (χ2v) is 4.30. The molecule has 0 spiro atoms. The van der Waals surface area contributed by atoms with Crippen LogP contribution in [0.4, 0.5) is 0 Å². The molecular weight excluding hydrogens is 230 g/mol. The van der Waals surface area contributed by atoms with E-state index in [0.717, 1.165) is 11.1 Å². The largest absolute Gasteiger partial charge is 0.465 e. The number of esters is 1. The molecule has 2 N–H and O–H groups in total. The lowest BCUT2D eigenvalue weighted by atomic mass is 9.98. The fourth-order valence-corrected chi connectivity index (χ4v) is 1.68. The summed E-state index contributed by atoms with van der Waals surface area (Å²) in [4.78, 5) is 23.4. The van der Waals surface area contributed by atoms with Crippen molar-refractivity contribution in [3.63, 3.8) is 0 Å². The average molecular weight is 249 g/mol. The summed E-state index contributed by atoms with van der Waals surface area (Å²) in [6.07, 6.45) is -0.0247. The Hall–Kier alpha value is -1.68. The number of aryl methyl sites for hydroxylation is 2. The van der Waals surface area contributed by atoms with Crippen LogP contribution in [0.2, 0.25) is 0 Å². The highest BCUT2D eigenvalue weighted by atomic mass is 16.5. The third kappa shape index (κ3) is 3.67. The number of Topliss-reactive ketones (excluding diaryl/α,β-unsaturated/α-hetero) is 1. The van der Waals surface area contributed by atoms with E-state index in [1.807, 2.05) is 32.0 Å². The van der Waals surface area contributed by atoms with Crippen molar-refractivity contribution >= 4 is 11.8 Å². The Morgan fingerprint density at radius 2 is 2.00 bits per heavy atom. The van der Waals surface area contributed by atoms with Gasteiger partial charge in [-0.1, -0.05) is 17.7 Å². The van der Waals surface area contributed by atoms with Gasteiger partial charge in [-0.25, -0.2) is 0 Å². The smallest absolute Gasteiger partial charge is 0.323 e. The van der Waals surface area contributed by atoms with Gasteiger partial charge in [0, 0.05) is 12.0 Å². The van der Waals surface area contributed by atoms with Crippen molar-refractivity contribution in [2.75, 3.05) is 6.61 Å². The summed E-state index contributed by atoms with van der Waals surface area (Å²) in [5.41, 5.74) is 8.15. The molecule has 0 aliphatic carbocycles. The van der Waals surface area contributed by atoms with Gasteiger partial charge in [-0.3, -0.25) is 9.59 Å². The molecule has 0 heterocycles. The Kier molecular flexibility index (Phi) is 5.04. The molecule has 18 heavy (non-hydrogen) atoms. The van der Waals surface area contributed by atoms with E-state index in [9.17, 15) is 9.59 Å². The quantitative estimate of drug-likeness (QED) is 0.637. The predicted molar refractivity (Wildman–Crippen MR) is 69.5 cm³/mol. The van der Waals surface area contributed by atoms with Gasteiger partial charge in [0.15, 0.2) is 5.78 Å². The van der Waals surface area contributed by atoms with E-state index in [2.05, 4.69) is 0 Å². The van der Waals surface area contributed by atoms with Crippen LogP contribution in [0.25, 0.3) is 0 Å². The summed E-state index contributed by atoms with van der Waals surface area (Å²) in [5, 5.41) is 0. The molecule has 0 radical (unpaired) electrons. The Balaban J connectivity index is 2.76. The van der Waals surface area contributed by atoms with E-state index in [1.165, 1.54) is 0 Å². The molecule has 1 aromatic rings. The molecule has 4 nitrogen and oxygen atoms in total. The molecule has 0 saturated carbocycles. The summed E-state index contributed by atoms with van der Waals surface area (Å²) in [7, 11) is 0. The number of carbonyl (C=O) groups excluding carboxylic acids is 2. The highest BCUT2D eigenvalue weighted by Gasteiger charge is 2.20. The van der Waals surface area contributed by atoms with Crippen LogP contribution in [-0.2, 0) is 9.53 Å². The normalized spacial score (nSPS) is 12.0. The molecule has 1 unspecified atom stereocenters. The number of nitrogens with two attached hydrogens (primary N) is 1. The maximum absolute atomic E-state index is 12.0. The lowest BCUT2D eigenvalue weighted by molar-refractivity contribution is -0.144. The van der Waals surface area contributed by atoms with Gasteiger partial charge in [0.05, 0.1) is 6.61 Å². The third-order valence-electron chi connectivity index (χ3n) is 2.69. The van der Waals surface area contributed by atoms with Crippen molar-refractivity contribution in [3.05, 3.63) is 34.9 Å². The van der Waals surface area contributed by atoms with Crippen molar-refractivity contribution < 1.29 is 14.3 Å². The molecule has 98 valence electrons. The molecule has 4 heteroatoms. The van der Waals surface area contributed by atoms with Crippen molar-refractivity contribution in [1.29, 1.82) is 0 Å². The molecule has 1 aromatic carbocycles. The SMILES string of the molecule is CCOC(=O)C(N)CC(=O)c1cc(C)ccc1C. The van der Waals surface area contributed by atoms with Crippen LogP contribution < -0.4 is 5.73 Å². The van der Waals surface area contributed by atoms with E-state index in [-0.39, 0.29) is 18.8 Å². The zero-order valence-corrected chi connectivity index (χ0v) is 11.0. The molecule has 0 aliphatic heterocycles. The highest BCUT2D eigenvalue weighted by molar-refractivity contribution is 6.00. The van der Waals surface area contributed by atoms with Gasteiger partial charge in [-0.2, -0.15) is 0 Å². The summed E-state index contributed by atoms with van der Waals surface area (Å²) in [6, 6.07) is 4.75. The zero-order chi connectivity index (χ0) is 13.7.